The van der Waals surface area contributed by atoms with Gasteiger partial charge in [-0.2, -0.15) is 4.98 Å². The molecule has 1 saturated heterocycles. The fourth-order valence-corrected chi connectivity index (χ4v) is 3.55. The van der Waals surface area contributed by atoms with E-state index in [9.17, 15) is 9.59 Å². The first-order chi connectivity index (χ1) is 13.7. The number of aromatic nitrogens is 2. The van der Waals surface area contributed by atoms with Crippen molar-refractivity contribution in [3.8, 4) is 10.7 Å². The molecule has 3 aromatic rings. The van der Waals surface area contributed by atoms with Gasteiger partial charge in [0.15, 0.2) is 0 Å². The van der Waals surface area contributed by atoms with Gasteiger partial charge in [0.2, 0.25) is 17.6 Å². The van der Waals surface area contributed by atoms with Crippen LogP contribution in [0.1, 0.15) is 18.7 Å². The van der Waals surface area contributed by atoms with Gasteiger partial charge in [-0.25, -0.2) is 4.79 Å². The molecule has 0 saturated carbocycles. The quantitative estimate of drug-likeness (QED) is 0.651. The summed E-state index contributed by atoms with van der Waals surface area (Å²) in [6, 6.07) is 11.0. The van der Waals surface area contributed by atoms with E-state index in [-0.39, 0.29) is 5.91 Å². The number of hydrogen-bond donors (Lipinski definition) is 1. The van der Waals surface area contributed by atoms with Crippen LogP contribution in [0.25, 0.3) is 10.7 Å². The number of ether oxygens (including phenoxy) is 1. The molecule has 28 heavy (non-hydrogen) atoms. The lowest BCUT2D eigenvalue weighted by molar-refractivity contribution is -0.116. The minimum Gasteiger partial charge on any atom is -0.447 e. The van der Waals surface area contributed by atoms with Crippen molar-refractivity contribution in [1.82, 2.24) is 10.1 Å². The van der Waals surface area contributed by atoms with Crippen LogP contribution in [0.5, 0.6) is 0 Å². The van der Waals surface area contributed by atoms with Gasteiger partial charge in [-0.15, -0.1) is 11.3 Å². The molecule has 0 unspecified atom stereocenters. The van der Waals surface area contributed by atoms with Gasteiger partial charge < -0.3 is 14.6 Å². The molecule has 1 aromatic carbocycles. The Kier molecular flexibility index (Phi) is 5.34. The number of nitrogens with one attached hydrogen (secondary N) is 1. The van der Waals surface area contributed by atoms with Crippen LogP contribution in [0.15, 0.2) is 46.3 Å². The Morgan fingerprint density at radius 3 is 2.93 bits per heavy atom. The van der Waals surface area contributed by atoms with Crippen LogP contribution in [0.2, 0.25) is 0 Å². The largest absolute Gasteiger partial charge is 0.447 e. The highest BCUT2D eigenvalue weighted by molar-refractivity contribution is 7.13. The lowest BCUT2D eigenvalue weighted by Crippen LogP contribution is -2.25. The number of carbonyl (C=O) groups is 2. The van der Waals surface area contributed by atoms with Gasteiger partial charge in [-0.3, -0.25) is 9.69 Å². The molecule has 0 bridgehead atoms. The zero-order valence-electron chi connectivity index (χ0n) is 15.0. The molecular formula is C19H18N4O4S. The van der Waals surface area contributed by atoms with Crippen molar-refractivity contribution >= 4 is 34.7 Å². The average molecular weight is 398 g/mol. The molecule has 1 N–H and O–H groups in total. The first-order valence-corrected chi connectivity index (χ1v) is 9.78. The molecule has 0 radical (unpaired) electrons. The first-order valence-electron chi connectivity index (χ1n) is 8.90. The number of thiophene rings is 1. The third kappa shape index (κ3) is 4.04. The number of benzene rings is 1. The molecule has 3 heterocycles. The highest BCUT2D eigenvalue weighted by atomic mass is 32.1. The lowest BCUT2D eigenvalue weighted by Gasteiger charge is -2.17. The number of aryl methyl sites for hydroxylation is 1. The number of para-hydroxylation sites is 2. The van der Waals surface area contributed by atoms with Crippen LogP contribution in [-0.2, 0) is 16.0 Å². The Bertz CT molecular complexity index is 970. The van der Waals surface area contributed by atoms with Crippen molar-refractivity contribution < 1.29 is 18.8 Å². The molecule has 0 aliphatic carbocycles. The fourth-order valence-electron chi connectivity index (χ4n) is 2.90. The number of carbonyl (C=O) groups excluding carboxylic acids is 2. The zero-order chi connectivity index (χ0) is 19.3. The smallest absolute Gasteiger partial charge is 0.414 e. The molecular weight excluding hydrogens is 380 g/mol. The number of anilines is 2. The second-order valence-electron chi connectivity index (χ2n) is 6.17. The Morgan fingerprint density at radius 1 is 1.25 bits per heavy atom. The highest BCUT2D eigenvalue weighted by Gasteiger charge is 2.25. The molecule has 1 fully saturated rings. The highest BCUT2D eigenvalue weighted by Crippen LogP contribution is 2.28. The van der Waals surface area contributed by atoms with Gasteiger partial charge in [0.05, 0.1) is 22.8 Å². The Labute approximate surface area is 165 Å². The second-order valence-corrected chi connectivity index (χ2v) is 7.12. The summed E-state index contributed by atoms with van der Waals surface area (Å²) in [6.45, 7) is 0.814. The molecule has 2 amide bonds. The maximum atomic E-state index is 12.3. The monoisotopic (exact) mass is 398 g/mol. The Hall–Kier alpha value is -3.20. The molecule has 0 atom stereocenters. The summed E-state index contributed by atoms with van der Waals surface area (Å²) in [5.74, 6) is 0.940. The van der Waals surface area contributed by atoms with Crippen LogP contribution < -0.4 is 10.2 Å². The van der Waals surface area contributed by atoms with E-state index in [1.807, 2.05) is 29.6 Å². The minimum atomic E-state index is -0.403. The average Bonchev–Trinajstić information content (AvgIpc) is 3.44. The number of hydrogen-bond acceptors (Lipinski definition) is 7. The van der Waals surface area contributed by atoms with E-state index in [0.717, 1.165) is 4.88 Å². The fraction of sp³-hybridized carbons (Fsp3) is 0.263. The first kappa shape index (κ1) is 18.2. The summed E-state index contributed by atoms with van der Waals surface area (Å²) in [4.78, 5) is 30.9. The maximum absolute atomic E-state index is 12.3. The normalized spacial score (nSPS) is 13.6. The maximum Gasteiger partial charge on any atom is 0.414 e. The van der Waals surface area contributed by atoms with Crippen molar-refractivity contribution in [2.45, 2.75) is 19.3 Å². The van der Waals surface area contributed by atoms with Crippen molar-refractivity contribution in [1.29, 1.82) is 0 Å². The zero-order valence-corrected chi connectivity index (χ0v) is 15.8. The van der Waals surface area contributed by atoms with E-state index in [1.165, 1.54) is 4.90 Å². The van der Waals surface area contributed by atoms with E-state index in [4.69, 9.17) is 9.26 Å². The van der Waals surface area contributed by atoms with Gasteiger partial charge in [0.1, 0.15) is 6.61 Å². The minimum absolute atomic E-state index is 0.141. The van der Waals surface area contributed by atoms with Gasteiger partial charge in [-0.05, 0) is 30.0 Å². The molecule has 8 nitrogen and oxygen atoms in total. The van der Waals surface area contributed by atoms with Crippen molar-refractivity contribution in [2.75, 3.05) is 23.4 Å². The van der Waals surface area contributed by atoms with Gasteiger partial charge in [0, 0.05) is 12.8 Å². The van der Waals surface area contributed by atoms with Crippen LogP contribution >= 0.6 is 11.3 Å². The van der Waals surface area contributed by atoms with E-state index in [0.29, 0.717) is 55.5 Å². The van der Waals surface area contributed by atoms with Crippen LogP contribution in [0, 0.1) is 0 Å². The van der Waals surface area contributed by atoms with Crippen LogP contribution in [0.4, 0.5) is 16.2 Å². The topological polar surface area (TPSA) is 97.6 Å². The third-order valence-electron chi connectivity index (χ3n) is 4.23. The summed E-state index contributed by atoms with van der Waals surface area (Å²) in [5, 5.41) is 8.78. The van der Waals surface area contributed by atoms with Crippen molar-refractivity contribution in [3.63, 3.8) is 0 Å². The number of nitrogens with zero attached hydrogens (tertiary/aromatic N) is 3. The third-order valence-corrected chi connectivity index (χ3v) is 5.10. The summed E-state index contributed by atoms with van der Waals surface area (Å²) >= 11 is 1.55. The summed E-state index contributed by atoms with van der Waals surface area (Å²) in [7, 11) is 0. The number of amides is 2. The SMILES string of the molecule is O=C(CCCc1nc(-c2cccs2)no1)Nc1ccccc1N1CCOC1=O. The Morgan fingerprint density at radius 2 is 2.14 bits per heavy atom. The summed E-state index contributed by atoms with van der Waals surface area (Å²) in [6.07, 6.45) is 0.993. The summed E-state index contributed by atoms with van der Waals surface area (Å²) in [5.41, 5.74) is 1.22. The van der Waals surface area contributed by atoms with Crippen LogP contribution in [0.3, 0.4) is 0 Å². The Balaban J connectivity index is 1.31. The predicted octanol–water partition coefficient (Wildman–Crippen LogP) is 3.72. The molecule has 9 heteroatoms. The molecule has 0 spiro atoms. The molecule has 1 aliphatic heterocycles. The summed E-state index contributed by atoms with van der Waals surface area (Å²) < 4.78 is 10.2. The number of rotatable bonds is 7. The van der Waals surface area contributed by atoms with E-state index >= 15 is 0 Å². The lowest BCUT2D eigenvalue weighted by atomic mass is 10.2. The molecule has 4 rings (SSSR count). The predicted molar refractivity (Wildman–Crippen MR) is 104 cm³/mol. The van der Waals surface area contributed by atoms with Gasteiger partial charge in [-0.1, -0.05) is 23.4 Å². The van der Waals surface area contributed by atoms with E-state index < -0.39 is 6.09 Å². The van der Waals surface area contributed by atoms with E-state index in [2.05, 4.69) is 15.5 Å². The standard InChI is InChI=1S/C19H18N4O4S/c24-16(8-3-9-17-21-18(22-27-17)15-7-4-12-28-15)20-13-5-1-2-6-14(13)23-10-11-26-19(23)25/h1-2,4-7,12H,3,8-11H2,(H,20,24). The molecule has 1 aliphatic rings. The van der Waals surface area contributed by atoms with Gasteiger partial charge in [0.25, 0.3) is 0 Å². The number of cyclic esters (lactones) is 1. The van der Waals surface area contributed by atoms with Crippen LogP contribution in [-0.4, -0.2) is 35.3 Å². The molecule has 2 aromatic heterocycles. The van der Waals surface area contributed by atoms with Gasteiger partial charge >= 0.3 is 6.09 Å². The van der Waals surface area contributed by atoms with E-state index in [1.54, 1.807) is 23.5 Å². The van der Waals surface area contributed by atoms with Crippen molar-refractivity contribution in [2.24, 2.45) is 0 Å². The van der Waals surface area contributed by atoms with Crippen molar-refractivity contribution in [3.05, 3.63) is 47.7 Å². The molecule has 144 valence electrons. The second kappa shape index (κ2) is 8.22.